The third kappa shape index (κ3) is 3.87. The number of carbonyl (C=O) groups excluding carboxylic acids is 1. The van der Waals surface area contributed by atoms with Crippen LogP contribution in [0.25, 0.3) is 0 Å². The molecule has 2 aromatic rings. The van der Waals surface area contributed by atoms with Crippen LogP contribution in [0.1, 0.15) is 16.3 Å². The molecule has 1 N–H and O–H groups in total. The summed E-state index contributed by atoms with van der Waals surface area (Å²) < 4.78 is 37.3. The molecule has 0 saturated carbocycles. The van der Waals surface area contributed by atoms with Crippen molar-refractivity contribution in [3.05, 3.63) is 46.9 Å². The molecule has 25 heavy (non-hydrogen) atoms. The second-order valence-electron chi connectivity index (χ2n) is 5.53. The van der Waals surface area contributed by atoms with Gasteiger partial charge in [0.2, 0.25) is 10.0 Å². The van der Waals surface area contributed by atoms with E-state index < -0.39 is 15.9 Å². The van der Waals surface area contributed by atoms with Gasteiger partial charge in [0.1, 0.15) is 10.7 Å². The van der Waals surface area contributed by atoms with E-state index in [1.165, 1.54) is 22.5 Å². The molecule has 3 rings (SSSR count). The maximum absolute atomic E-state index is 12.8. The van der Waals surface area contributed by atoms with Gasteiger partial charge in [-0.2, -0.15) is 4.31 Å². The summed E-state index contributed by atoms with van der Waals surface area (Å²) in [5.41, 5.74) is 0.315. The number of hydrogen-bond acceptors (Lipinski definition) is 5. The summed E-state index contributed by atoms with van der Waals surface area (Å²) in [6, 6.07) is 7.55. The molecular formula is C16H17ClN2O5S. The average molecular weight is 385 g/mol. The Balaban J connectivity index is 1.86. The molecule has 134 valence electrons. The molecular weight excluding hydrogens is 368 g/mol. The molecule has 0 radical (unpaired) electrons. The number of nitrogens with zero attached hydrogens (tertiary/aromatic N) is 1. The molecule has 1 aliphatic rings. The first-order valence-electron chi connectivity index (χ1n) is 7.63. The summed E-state index contributed by atoms with van der Waals surface area (Å²) >= 11 is 6.09. The fourth-order valence-electron chi connectivity index (χ4n) is 2.45. The summed E-state index contributed by atoms with van der Waals surface area (Å²) in [5, 5.41) is 2.71. The van der Waals surface area contributed by atoms with Gasteiger partial charge in [-0.1, -0.05) is 11.6 Å². The van der Waals surface area contributed by atoms with Crippen molar-refractivity contribution in [2.24, 2.45) is 0 Å². The van der Waals surface area contributed by atoms with Gasteiger partial charge in [-0.05, 0) is 37.3 Å². The highest BCUT2D eigenvalue weighted by Crippen LogP contribution is 2.28. The van der Waals surface area contributed by atoms with E-state index in [9.17, 15) is 13.2 Å². The number of carbonyl (C=O) groups is 1. The SMILES string of the molecule is Cc1ccc(C(=O)Nc2ccc(Cl)c(S(=O)(=O)N3CCOCC3)c2)o1. The lowest BCUT2D eigenvalue weighted by atomic mass is 10.3. The number of rotatable bonds is 4. The molecule has 0 unspecified atom stereocenters. The van der Waals surface area contributed by atoms with Crippen LogP contribution in [0.5, 0.6) is 0 Å². The van der Waals surface area contributed by atoms with E-state index >= 15 is 0 Å². The molecule has 0 atom stereocenters. The Kier molecular flexibility index (Phi) is 5.14. The van der Waals surface area contributed by atoms with Gasteiger partial charge in [0.15, 0.2) is 5.76 Å². The van der Waals surface area contributed by atoms with Crippen molar-refractivity contribution in [3.8, 4) is 0 Å². The van der Waals surface area contributed by atoms with Gasteiger partial charge in [-0.25, -0.2) is 8.42 Å². The molecule has 0 aliphatic carbocycles. The second-order valence-corrected chi connectivity index (χ2v) is 7.84. The van der Waals surface area contributed by atoms with Gasteiger partial charge >= 0.3 is 0 Å². The van der Waals surface area contributed by atoms with Crippen molar-refractivity contribution in [3.63, 3.8) is 0 Å². The Morgan fingerprint density at radius 3 is 2.56 bits per heavy atom. The molecule has 2 heterocycles. The number of nitrogens with one attached hydrogen (secondary N) is 1. The average Bonchev–Trinajstić information content (AvgIpc) is 3.04. The minimum Gasteiger partial charge on any atom is -0.456 e. The van der Waals surface area contributed by atoms with Crippen LogP contribution in [0.4, 0.5) is 5.69 Å². The maximum atomic E-state index is 12.8. The van der Waals surface area contributed by atoms with E-state index in [1.807, 2.05) is 0 Å². The maximum Gasteiger partial charge on any atom is 0.291 e. The summed E-state index contributed by atoms with van der Waals surface area (Å²) in [5.74, 6) is 0.284. The van der Waals surface area contributed by atoms with Crippen LogP contribution in [0.15, 0.2) is 39.6 Å². The summed E-state index contributed by atoms with van der Waals surface area (Å²) in [6.45, 7) is 2.93. The van der Waals surface area contributed by atoms with Gasteiger partial charge in [-0.3, -0.25) is 4.79 Å². The third-order valence-electron chi connectivity index (χ3n) is 3.74. The molecule has 1 aromatic heterocycles. The molecule has 0 bridgehead atoms. The van der Waals surface area contributed by atoms with Crippen LogP contribution in [0.3, 0.4) is 0 Å². The summed E-state index contributed by atoms with van der Waals surface area (Å²) in [4.78, 5) is 12.1. The first kappa shape index (κ1) is 17.9. The van der Waals surface area contributed by atoms with Crippen molar-refractivity contribution in [2.45, 2.75) is 11.8 Å². The zero-order valence-corrected chi connectivity index (χ0v) is 15.1. The highest BCUT2D eigenvalue weighted by atomic mass is 35.5. The van der Waals surface area contributed by atoms with E-state index in [0.29, 0.717) is 24.7 Å². The number of hydrogen-bond donors (Lipinski definition) is 1. The van der Waals surface area contributed by atoms with E-state index in [1.54, 1.807) is 19.1 Å². The Bertz CT molecular complexity index is 888. The smallest absolute Gasteiger partial charge is 0.291 e. The molecule has 1 aliphatic heterocycles. The lowest BCUT2D eigenvalue weighted by molar-refractivity contribution is 0.0730. The normalized spacial score (nSPS) is 15.9. The topological polar surface area (TPSA) is 88.9 Å². The summed E-state index contributed by atoms with van der Waals surface area (Å²) in [7, 11) is -3.76. The zero-order valence-electron chi connectivity index (χ0n) is 13.5. The predicted octanol–water partition coefficient (Wildman–Crippen LogP) is 2.51. The van der Waals surface area contributed by atoms with Crippen LogP contribution in [0, 0.1) is 6.92 Å². The van der Waals surface area contributed by atoms with E-state index in [0.717, 1.165) is 0 Å². The number of morpholine rings is 1. The van der Waals surface area contributed by atoms with Gasteiger partial charge in [0.05, 0.1) is 18.2 Å². The molecule has 7 nitrogen and oxygen atoms in total. The van der Waals surface area contributed by atoms with Gasteiger partial charge in [0, 0.05) is 18.8 Å². The molecule has 9 heteroatoms. The van der Waals surface area contributed by atoms with Crippen LogP contribution in [0.2, 0.25) is 5.02 Å². The number of sulfonamides is 1. The van der Waals surface area contributed by atoms with Crippen LogP contribution in [-0.4, -0.2) is 44.9 Å². The molecule has 1 fully saturated rings. The Labute approximate surface area is 150 Å². The predicted molar refractivity (Wildman–Crippen MR) is 92.4 cm³/mol. The highest BCUT2D eigenvalue weighted by molar-refractivity contribution is 7.89. The number of halogens is 1. The van der Waals surface area contributed by atoms with Crippen LogP contribution in [-0.2, 0) is 14.8 Å². The van der Waals surface area contributed by atoms with Crippen LogP contribution >= 0.6 is 11.6 Å². The second kappa shape index (κ2) is 7.17. The third-order valence-corrected chi connectivity index (χ3v) is 6.12. The Morgan fingerprint density at radius 2 is 1.92 bits per heavy atom. The minimum absolute atomic E-state index is 0.0514. The number of benzene rings is 1. The first-order chi connectivity index (χ1) is 11.9. The van der Waals surface area contributed by atoms with Gasteiger partial charge in [-0.15, -0.1) is 0 Å². The monoisotopic (exact) mass is 384 g/mol. The minimum atomic E-state index is -3.76. The molecule has 1 saturated heterocycles. The molecule has 1 amide bonds. The first-order valence-corrected chi connectivity index (χ1v) is 9.45. The van der Waals surface area contributed by atoms with Crippen LogP contribution < -0.4 is 5.32 Å². The van der Waals surface area contributed by atoms with Gasteiger partial charge in [0.25, 0.3) is 5.91 Å². The van der Waals surface area contributed by atoms with E-state index in [-0.39, 0.29) is 28.8 Å². The lowest BCUT2D eigenvalue weighted by Crippen LogP contribution is -2.40. The van der Waals surface area contributed by atoms with Crippen molar-refractivity contribution in [1.29, 1.82) is 0 Å². The number of anilines is 1. The van der Waals surface area contributed by atoms with Crippen molar-refractivity contribution >= 4 is 33.2 Å². The molecule has 0 spiro atoms. The largest absolute Gasteiger partial charge is 0.456 e. The number of furan rings is 1. The quantitative estimate of drug-likeness (QED) is 0.874. The summed E-state index contributed by atoms with van der Waals surface area (Å²) in [6.07, 6.45) is 0. The van der Waals surface area contributed by atoms with Crippen molar-refractivity contribution in [2.75, 3.05) is 31.6 Å². The number of ether oxygens (including phenoxy) is 1. The highest BCUT2D eigenvalue weighted by Gasteiger charge is 2.28. The Morgan fingerprint density at radius 1 is 1.20 bits per heavy atom. The molecule has 1 aromatic carbocycles. The number of amides is 1. The van der Waals surface area contributed by atoms with Gasteiger partial charge < -0.3 is 14.5 Å². The van der Waals surface area contributed by atoms with Crippen molar-refractivity contribution < 1.29 is 22.4 Å². The Hall–Kier alpha value is -1.87. The van der Waals surface area contributed by atoms with E-state index in [2.05, 4.69) is 5.32 Å². The van der Waals surface area contributed by atoms with E-state index in [4.69, 9.17) is 20.8 Å². The number of aryl methyl sites for hydroxylation is 1. The lowest BCUT2D eigenvalue weighted by Gasteiger charge is -2.26. The standard InChI is InChI=1S/C16H17ClN2O5S/c1-11-2-5-14(24-11)16(20)18-12-3-4-13(17)15(10-12)25(21,22)19-6-8-23-9-7-19/h2-5,10H,6-9H2,1H3,(H,18,20). The fraction of sp³-hybridized carbons (Fsp3) is 0.312. The zero-order chi connectivity index (χ0) is 18.0. The van der Waals surface area contributed by atoms with Crippen molar-refractivity contribution in [1.82, 2.24) is 4.31 Å². The fourth-order valence-corrected chi connectivity index (χ4v) is 4.36.